The zero-order valence-electron chi connectivity index (χ0n) is 12.6. The number of hydrogen-bond donors (Lipinski definition) is 1. The molecule has 0 saturated carbocycles. The van der Waals surface area contributed by atoms with E-state index < -0.39 is 29.6 Å². The normalized spacial score (nSPS) is 11.7. The minimum Gasteiger partial charge on any atom is -0.449 e. The third-order valence-corrected chi connectivity index (χ3v) is 3.19. The number of benzene rings is 2. The highest BCUT2D eigenvalue weighted by Crippen LogP contribution is 2.14. The molecule has 0 spiro atoms. The molecule has 2 rings (SSSR count). The first kappa shape index (κ1) is 16.6. The lowest BCUT2D eigenvalue weighted by Crippen LogP contribution is -2.30. The van der Waals surface area contributed by atoms with Crippen molar-refractivity contribution in [1.82, 2.24) is 0 Å². The predicted molar refractivity (Wildman–Crippen MR) is 81.0 cm³/mol. The third kappa shape index (κ3) is 4.12. The largest absolute Gasteiger partial charge is 0.449 e. The Hall–Kier alpha value is -2.76. The number of hydrogen-bond acceptors (Lipinski definition) is 3. The summed E-state index contributed by atoms with van der Waals surface area (Å²) in [6.07, 6.45) is -1.16. The van der Waals surface area contributed by atoms with Gasteiger partial charge in [0.05, 0.1) is 11.3 Å². The van der Waals surface area contributed by atoms with Crippen LogP contribution in [0.25, 0.3) is 0 Å². The topological polar surface area (TPSA) is 55.4 Å². The van der Waals surface area contributed by atoms with E-state index in [-0.39, 0.29) is 11.3 Å². The van der Waals surface area contributed by atoms with Crippen LogP contribution in [0.4, 0.5) is 14.5 Å². The van der Waals surface area contributed by atoms with E-state index in [9.17, 15) is 18.4 Å². The van der Waals surface area contributed by atoms with E-state index >= 15 is 0 Å². The first-order valence-corrected chi connectivity index (χ1v) is 6.91. The Labute approximate surface area is 132 Å². The molecule has 1 N–H and O–H groups in total. The predicted octanol–water partition coefficient (Wildman–Crippen LogP) is 3.46. The molecule has 120 valence electrons. The van der Waals surface area contributed by atoms with Crippen LogP contribution in [0.5, 0.6) is 0 Å². The number of aryl methyl sites for hydroxylation is 1. The van der Waals surface area contributed by atoms with Crippen LogP contribution in [0, 0.1) is 18.6 Å². The molecule has 0 saturated heterocycles. The standard InChI is InChI=1S/C17H15F2NO3/c1-10-7-8-12(9-14(10)19)17(22)23-11(2)16(21)20-15-6-4-3-5-13(15)18/h3-9,11H,1-2H3,(H,20,21)/t11-/m0/s1. The average Bonchev–Trinajstić information content (AvgIpc) is 2.52. The highest BCUT2D eigenvalue weighted by molar-refractivity contribution is 5.97. The van der Waals surface area contributed by atoms with Gasteiger partial charge in [-0.05, 0) is 43.7 Å². The van der Waals surface area contributed by atoms with Gasteiger partial charge >= 0.3 is 5.97 Å². The summed E-state index contributed by atoms with van der Waals surface area (Å²) in [4.78, 5) is 23.8. The Bertz CT molecular complexity index is 746. The van der Waals surface area contributed by atoms with Crippen LogP contribution < -0.4 is 5.32 Å². The van der Waals surface area contributed by atoms with Gasteiger partial charge in [-0.25, -0.2) is 13.6 Å². The maximum absolute atomic E-state index is 13.5. The molecule has 1 amide bonds. The molecule has 4 nitrogen and oxygen atoms in total. The van der Waals surface area contributed by atoms with Gasteiger partial charge in [0.15, 0.2) is 6.10 Å². The van der Waals surface area contributed by atoms with Gasteiger partial charge in [0.25, 0.3) is 5.91 Å². The lowest BCUT2D eigenvalue weighted by Gasteiger charge is -2.14. The van der Waals surface area contributed by atoms with Crippen LogP contribution >= 0.6 is 0 Å². The molecule has 0 fully saturated rings. The van der Waals surface area contributed by atoms with Crippen molar-refractivity contribution in [3.63, 3.8) is 0 Å². The number of anilines is 1. The molecule has 2 aromatic rings. The molecule has 0 unspecified atom stereocenters. The highest BCUT2D eigenvalue weighted by atomic mass is 19.1. The van der Waals surface area contributed by atoms with Gasteiger partial charge in [-0.15, -0.1) is 0 Å². The molecule has 0 aliphatic heterocycles. The quantitative estimate of drug-likeness (QED) is 0.878. The van der Waals surface area contributed by atoms with Crippen molar-refractivity contribution in [3.8, 4) is 0 Å². The van der Waals surface area contributed by atoms with Crippen LogP contribution in [0.3, 0.4) is 0 Å². The van der Waals surface area contributed by atoms with E-state index in [2.05, 4.69) is 5.32 Å². The van der Waals surface area contributed by atoms with Crippen molar-refractivity contribution >= 4 is 17.6 Å². The van der Waals surface area contributed by atoms with E-state index in [1.165, 1.54) is 37.3 Å². The van der Waals surface area contributed by atoms with E-state index in [0.29, 0.717) is 5.56 Å². The lowest BCUT2D eigenvalue weighted by molar-refractivity contribution is -0.123. The molecule has 23 heavy (non-hydrogen) atoms. The molecule has 0 aliphatic carbocycles. The molecule has 0 aromatic heterocycles. The van der Waals surface area contributed by atoms with Crippen molar-refractivity contribution in [1.29, 1.82) is 0 Å². The second-order valence-corrected chi connectivity index (χ2v) is 4.98. The number of halogens is 2. The first-order chi connectivity index (χ1) is 10.9. The van der Waals surface area contributed by atoms with Gasteiger partial charge in [-0.2, -0.15) is 0 Å². The molecule has 0 bridgehead atoms. The minimum absolute atomic E-state index is 0.00126. The van der Waals surface area contributed by atoms with Gasteiger partial charge in [-0.3, -0.25) is 4.79 Å². The van der Waals surface area contributed by atoms with E-state index in [4.69, 9.17) is 4.74 Å². The van der Waals surface area contributed by atoms with Gasteiger partial charge in [0.2, 0.25) is 0 Å². The smallest absolute Gasteiger partial charge is 0.339 e. The van der Waals surface area contributed by atoms with E-state index in [1.54, 1.807) is 13.0 Å². The van der Waals surface area contributed by atoms with Crippen molar-refractivity contribution in [2.75, 3.05) is 5.32 Å². The zero-order chi connectivity index (χ0) is 17.0. The fraction of sp³-hybridized carbons (Fsp3) is 0.176. The summed E-state index contributed by atoms with van der Waals surface area (Å²) in [5.74, 6) is -2.65. The maximum atomic E-state index is 13.5. The summed E-state index contributed by atoms with van der Waals surface area (Å²) in [5, 5.41) is 2.32. The number of carbonyl (C=O) groups is 2. The monoisotopic (exact) mass is 319 g/mol. The van der Waals surface area contributed by atoms with Crippen molar-refractivity contribution < 1.29 is 23.1 Å². The van der Waals surface area contributed by atoms with Gasteiger partial charge in [-0.1, -0.05) is 18.2 Å². The average molecular weight is 319 g/mol. The number of amides is 1. The lowest BCUT2D eigenvalue weighted by atomic mass is 10.1. The van der Waals surface area contributed by atoms with Gasteiger partial charge < -0.3 is 10.1 Å². The molecular weight excluding hydrogens is 304 g/mol. The summed E-state index contributed by atoms with van der Waals surface area (Å²) < 4.78 is 31.9. The van der Waals surface area contributed by atoms with Crippen molar-refractivity contribution in [2.24, 2.45) is 0 Å². The fourth-order valence-corrected chi connectivity index (χ4v) is 1.80. The Kier molecular flexibility index (Phi) is 5.05. The summed E-state index contributed by atoms with van der Waals surface area (Å²) in [6, 6.07) is 9.51. The number of rotatable bonds is 4. The molecule has 2 aromatic carbocycles. The number of nitrogens with one attached hydrogen (secondary N) is 1. The number of carbonyl (C=O) groups excluding carboxylic acids is 2. The van der Waals surface area contributed by atoms with Crippen LogP contribution in [-0.4, -0.2) is 18.0 Å². The van der Waals surface area contributed by atoms with Crippen LogP contribution in [-0.2, 0) is 9.53 Å². The number of esters is 1. The highest BCUT2D eigenvalue weighted by Gasteiger charge is 2.20. The minimum atomic E-state index is -1.16. The molecule has 0 aliphatic rings. The fourth-order valence-electron chi connectivity index (χ4n) is 1.80. The third-order valence-electron chi connectivity index (χ3n) is 3.19. The SMILES string of the molecule is Cc1ccc(C(=O)O[C@@H](C)C(=O)Nc2ccccc2F)cc1F. The Balaban J connectivity index is 2.01. The zero-order valence-corrected chi connectivity index (χ0v) is 12.6. The van der Waals surface area contributed by atoms with E-state index in [0.717, 1.165) is 6.07 Å². The molecule has 0 heterocycles. The molecule has 1 atom stereocenters. The summed E-state index contributed by atoms with van der Waals surface area (Å²) in [6.45, 7) is 2.91. The van der Waals surface area contributed by atoms with E-state index in [1.807, 2.05) is 0 Å². The second kappa shape index (κ2) is 7.00. The van der Waals surface area contributed by atoms with Crippen LogP contribution in [0.2, 0.25) is 0 Å². The van der Waals surface area contributed by atoms with Crippen molar-refractivity contribution in [3.05, 3.63) is 65.2 Å². The molecule has 6 heteroatoms. The summed E-state index contributed by atoms with van der Waals surface area (Å²) in [5.41, 5.74) is 0.382. The maximum Gasteiger partial charge on any atom is 0.339 e. The Morgan fingerprint density at radius 3 is 2.43 bits per heavy atom. The second-order valence-electron chi connectivity index (χ2n) is 4.98. The summed E-state index contributed by atoms with van der Waals surface area (Å²) >= 11 is 0. The Morgan fingerprint density at radius 2 is 1.78 bits per heavy atom. The van der Waals surface area contributed by atoms with Gasteiger partial charge in [0.1, 0.15) is 11.6 Å². The van der Waals surface area contributed by atoms with Crippen LogP contribution in [0.1, 0.15) is 22.8 Å². The Morgan fingerprint density at radius 1 is 1.09 bits per heavy atom. The first-order valence-electron chi connectivity index (χ1n) is 6.91. The number of para-hydroxylation sites is 1. The number of ether oxygens (including phenoxy) is 1. The van der Waals surface area contributed by atoms with Crippen molar-refractivity contribution in [2.45, 2.75) is 20.0 Å². The van der Waals surface area contributed by atoms with Crippen LogP contribution in [0.15, 0.2) is 42.5 Å². The van der Waals surface area contributed by atoms with Gasteiger partial charge in [0, 0.05) is 0 Å². The molecule has 0 radical (unpaired) electrons. The summed E-state index contributed by atoms with van der Waals surface area (Å²) in [7, 11) is 0. The molecular formula is C17H15F2NO3.